The minimum atomic E-state index is -4.96. The monoisotopic (exact) mass is 1420 g/mol. The van der Waals surface area contributed by atoms with Crippen molar-refractivity contribution in [3.8, 4) is 0 Å². The van der Waals surface area contributed by atoms with Crippen LogP contribution in [0.5, 0.6) is 0 Å². The quantitative estimate of drug-likeness (QED) is 0.0222. The first-order valence-electron chi connectivity index (χ1n) is 40.4. The van der Waals surface area contributed by atoms with Crippen LogP contribution in [0.15, 0.2) is 0 Å². The molecule has 0 amide bonds. The molecule has 3 unspecified atom stereocenters. The lowest BCUT2D eigenvalue weighted by molar-refractivity contribution is -0.161. The van der Waals surface area contributed by atoms with Gasteiger partial charge in [0.25, 0.3) is 0 Å². The second-order valence-corrected chi connectivity index (χ2v) is 32.2. The van der Waals surface area contributed by atoms with Crippen molar-refractivity contribution in [2.75, 3.05) is 39.6 Å². The highest BCUT2D eigenvalue weighted by atomic mass is 31.2. The molecule has 0 spiro atoms. The van der Waals surface area contributed by atoms with Crippen molar-refractivity contribution in [1.29, 1.82) is 0 Å². The van der Waals surface area contributed by atoms with Crippen molar-refractivity contribution in [2.24, 2.45) is 17.8 Å². The Bertz CT molecular complexity index is 1890. The number of phosphoric ester groups is 2. The van der Waals surface area contributed by atoms with Crippen LogP contribution in [0.1, 0.15) is 402 Å². The maximum atomic E-state index is 13.1. The van der Waals surface area contributed by atoms with Gasteiger partial charge in [-0.3, -0.25) is 37.3 Å². The van der Waals surface area contributed by atoms with E-state index in [2.05, 4.69) is 48.5 Å². The molecule has 0 fully saturated rings. The molecule has 0 heterocycles. The number of ether oxygens (including phenoxy) is 4. The Kier molecular flexibility index (Phi) is 67.1. The van der Waals surface area contributed by atoms with E-state index in [0.29, 0.717) is 25.7 Å². The van der Waals surface area contributed by atoms with Crippen LogP contribution in [-0.4, -0.2) is 96.7 Å². The standard InChI is InChI=1S/C78H152O17P2/c1-8-10-11-12-13-14-15-27-33-38-47-54-61-77(82)95-74(66-89-76(81)60-53-46-41-40-44-51-58-71(7)9-2)68-93-97(86,87)91-64-72(79)63-90-96(84,85)92-67-73(65-88-75(80)59-52-45-37-32-28-23-20-19-22-26-31-36-43-50-57-70(5)6)94-78(83)62-55-48-39-34-29-24-18-16-17-21-25-30-35-42-49-56-69(3)4/h69-74,79H,8-68H2,1-7H3,(H,84,85)(H,86,87)/t71?,72-,73-,74-/m1/s1. The molecular formula is C78H152O17P2. The van der Waals surface area contributed by atoms with Crippen LogP contribution in [0.3, 0.4) is 0 Å². The van der Waals surface area contributed by atoms with E-state index in [9.17, 15) is 43.2 Å². The van der Waals surface area contributed by atoms with Gasteiger partial charge in [0.15, 0.2) is 12.2 Å². The van der Waals surface area contributed by atoms with Gasteiger partial charge in [-0.25, -0.2) is 9.13 Å². The Labute approximate surface area is 594 Å². The number of carbonyl (C=O) groups is 4. The number of phosphoric acid groups is 2. The normalized spacial score (nSPS) is 14.3. The first-order valence-corrected chi connectivity index (χ1v) is 43.4. The number of aliphatic hydroxyl groups is 1. The number of unbranched alkanes of at least 4 members (excludes halogenated alkanes) is 43. The van der Waals surface area contributed by atoms with Gasteiger partial charge in [-0.2, -0.15) is 0 Å². The molecule has 0 aliphatic heterocycles. The molecule has 576 valence electrons. The summed E-state index contributed by atoms with van der Waals surface area (Å²) in [6.45, 7) is 11.9. The van der Waals surface area contributed by atoms with E-state index >= 15 is 0 Å². The number of hydrogen-bond donors (Lipinski definition) is 3. The second-order valence-electron chi connectivity index (χ2n) is 29.3. The minimum absolute atomic E-state index is 0.106. The molecule has 0 bridgehead atoms. The van der Waals surface area contributed by atoms with Crippen molar-refractivity contribution in [2.45, 2.75) is 420 Å². The third kappa shape index (κ3) is 70.9. The van der Waals surface area contributed by atoms with Gasteiger partial charge in [0.2, 0.25) is 0 Å². The molecule has 0 aromatic heterocycles. The zero-order chi connectivity index (χ0) is 71.6. The molecule has 0 saturated heterocycles. The minimum Gasteiger partial charge on any atom is -0.462 e. The van der Waals surface area contributed by atoms with Gasteiger partial charge in [0.05, 0.1) is 26.4 Å². The summed E-state index contributed by atoms with van der Waals surface area (Å²) in [5.74, 6) is 0.218. The second kappa shape index (κ2) is 68.5. The van der Waals surface area contributed by atoms with E-state index in [-0.39, 0.29) is 25.7 Å². The molecule has 0 rings (SSSR count). The summed E-state index contributed by atoms with van der Waals surface area (Å²) in [6, 6.07) is 0. The molecule has 0 aliphatic carbocycles. The number of carbonyl (C=O) groups excluding carboxylic acids is 4. The number of aliphatic hydroxyl groups excluding tert-OH is 1. The lowest BCUT2D eigenvalue weighted by Gasteiger charge is -2.21. The van der Waals surface area contributed by atoms with Crippen LogP contribution in [0.25, 0.3) is 0 Å². The fraction of sp³-hybridized carbons (Fsp3) is 0.949. The average Bonchev–Trinajstić information content (AvgIpc) is 1.03. The van der Waals surface area contributed by atoms with Gasteiger partial charge in [0, 0.05) is 25.7 Å². The molecular weight excluding hydrogens is 1270 g/mol. The molecule has 3 N–H and O–H groups in total. The molecule has 17 nitrogen and oxygen atoms in total. The zero-order valence-corrected chi connectivity index (χ0v) is 65.3. The summed E-state index contributed by atoms with van der Waals surface area (Å²) >= 11 is 0. The topological polar surface area (TPSA) is 237 Å². The average molecular weight is 1420 g/mol. The maximum Gasteiger partial charge on any atom is 0.472 e. The van der Waals surface area contributed by atoms with E-state index in [0.717, 1.165) is 114 Å². The van der Waals surface area contributed by atoms with Gasteiger partial charge in [-0.15, -0.1) is 0 Å². The van der Waals surface area contributed by atoms with E-state index in [1.54, 1.807) is 0 Å². The van der Waals surface area contributed by atoms with E-state index in [4.69, 9.17) is 37.0 Å². The van der Waals surface area contributed by atoms with Crippen LogP contribution in [0, 0.1) is 17.8 Å². The van der Waals surface area contributed by atoms with Gasteiger partial charge < -0.3 is 33.8 Å². The Morgan fingerprint density at radius 2 is 0.526 bits per heavy atom. The van der Waals surface area contributed by atoms with Gasteiger partial charge >= 0.3 is 39.5 Å². The summed E-state index contributed by atoms with van der Waals surface area (Å²) in [5.41, 5.74) is 0. The van der Waals surface area contributed by atoms with Gasteiger partial charge in [0.1, 0.15) is 19.3 Å². The summed E-state index contributed by atoms with van der Waals surface area (Å²) < 4.78 is 68.6. The van der Waals surface area contributed by atoms with Crippen molar-refractivity contribution in [1.82, 2.24) is 0 Å². The molecule has 19 heteroatoms. The molecule has 0 aromatic carbocycles. The molecule has 0 saturated carbocycles. The SMILES string of the molecule is CCCCCCCCCCCCCCC(=O)O[C@H](COC(=O)CCCCCCCCC(C)CC)COP(=O)(O)OC[C@H](O)COP(=O)(O)OC[C@@H](COC(=O)CCCCCCCCCCCCCCCCC(C)C)OC(=O)CCCCCCCCCCCCCCCCCC(C)C. The van der Waals surface area contributed by atoms with Crippen LogP contribution < -0.4 is 0 Å². The van der Waals surface area contributed by atoms with Crippen molar-refractivity contribution < 1.29 is 80.2 Å². The van der Waals surface area contributed by atoms with Crippen LogP contribution >= 0.6 is 15.6 Å². The Morgan fingerprint density at radius 3 is 0.784 bits per heavy atom. The van der Waals surface area contributed by atoms with Gasteiger partial charge in [-0.1, -0.05) is 350 Å². The Morgan fingerprint density at radius 1 is 0.299 bits per heavy atom. The number of rotatable bonds is 76. The molecule has 6 atom stereocenters. The summed E-state index contributed by atoms with van der Waals surface area (Å²) in [4.78, 5) is 72.9. The Balaban J connectivity index is 5.24. The maximum absolute atomic E-state index is 13.1. The molecule has 97 heavy (non-hydrogen) atoms. The smallest absolute Gasteiger partial charge is 0.462 e. The van der Waals surface area contributed by atoms with Crippen LogP contribution in [0.4, 0.5) is 0 Å². The van der Waals surface area contributed by atoms with Crippen molar-refractivity contribution >= 4 is 39.5 Å². The highest BCUT2D eigenvalue weighted by molar-refractivity contribution is 7.47. The zero-order valence-electron chi connectivity index (χ0n) is 63.5. The summed E-state index contributed by atoms with van der Waals surface area (Å²) in [5, 5.41) is 10.6. The fourth-order valence-electron chi connectivity index (χ4n) is 11.9. The lowest BCUT2D eigenvalue weighted by Crippen LogP contribution is -2.30. The van der Waals surface area contributed by atoms with Crippen LogP contribution in [-0.2, 0) is 65.4 Å². The van der Waals surface area contributed by atoms with E-state index in [1.165, 1.54) is 205 Å². The van der Waals surface area contributed by atoms with E-state index in [1.807, 2.05) is 0 Å². The molecule has 0 aliphatic rings. The Hall–Kier alpha value is -1.94. The van der Waals surface area contributed by atoms with Crippen molar-refractivity contribution in [3.63, 3.8) is 0 Å². The summed E-state index contributed by atoms with van der Waals surface area (Å²) in [7, 11) is -9.91. The largest absolute Gasteiger partial charge is 0.472 e. The van der Waals surface area contributed by atoms with Crippen molar-refractivity contribution in [3.05, 3.63) is 0 Å². The highest BCUT2D eigenvalue weighted by Gasteiger charge is 2.30. The molecule has 0 aromatic rings. The highest BCUT2D eigenvalue weighted by Crippen LogP contribution is 2.45. The first-order chi connectivity index (χ1) is 46.8. The molecule has 0 radical (unpaired) electrons. The third-order valence-corrected chi connectivity index (χ3v) is 20.4. The predicted octanol–water partition coefficient (Wildman–Crippen LogP) is 23.0. The number of esters is 4. The lowest BCUT2D eigenvalue weighted by atomic mass is 10.00. The fourth-order valence-corrected chi connectivity index (χ4v) is 13.5. The number of hydrogen-bond acceptors (Lipinski definition) is 15. The van der Waals surface area contributed by atoms with Gasteiger partial charge in [-0.05, 0) is 43.4 Å². The van der Waals surface area contributed by atoms with E-state index < -0.39 is 97.5 Å². The summed E-state index contributed by atoms with van der Waals surface area (Å²) in [6.07, 6.45) is 55.5. The van der Waals surface area contributed by atoms with Crippen LogP contribution in [0.2, 0.25) is 0 Å². The first kappa shape index (κ1) is 95.1. The predicted molar refractivity (Wildman–Crippen MR) is 395 cm³/mol. The third-order valence-electron chi connectivity index (χ3n) is 18.5.